The first-order valence-corrected chi connectivity index (χ1v) is 7.17. The SMILES string of the molecule is CC(C)=CCNC1CCC(c2ccccc2)CC1. The molecular formula is C17H25N. The van der Waals surface area contributed by atoms with E-state index in [9.17, 15) is 0 Å². The molecule has 1 saturated carbocycles. The van der Waals surface area contributed by atoms with Crippen molar-refractivity contribution in [2.24, 2.45) is 0 Å². The fourth-order valence-corrected chi connectivity index (χ4v) is 2.79. The lowest BCUT2D eigenvalue weighted by Crippen LogP contribution is -2.32. The summed E-state index contributed by atoms with van der Waals surface area (Å²) in [7, 11) is 0. The molecule has 0 spiro atoms. The molecule has 0 atom stereocenters. The number of hydrogen-bond donors (Lipinski definition) is 1. The summed E-state index contributed by atoms with van der Waals surface area (Å²) in [5, 5.41) is 3.65. The smallest absolute Gasteiger partial charge is 0.0139 e. The van der Waals surface area contributed by atoms with Crippen molar-refractivity contribution in [3.05, 3.63) is 47.5 Å². The van der Waals surface area contributed by atoms with Gasteiger partial charge in [-0.25, -0.2) is 0 Å². The van der Waals surface area contributed by atoms with Crippen LogP contribution in [0.15, 0.2) is 42.0 Å². The molecule has 1 N–H and O–H groups in total. The fourth-order valence-electron chi connectivity index (χ4n) is 2.79. The molecule has 98 valence electrons. The number of hydrogen-bond acceptors (Lipinski definition) is 1. The van der Waals surface area contributed by atoms with Gasteiger partial charge in [0.1, 0.15) is 0 Å². The molecule has 0 aliphatic heterocycles. The third-order valence-electron chi connectivity index (χ3n) is 3.91. The Balaban J connectivity index is 1.76. The molecule has 0 amide bonds. The Morgan fingerprint density at radius 1 is 1.11 bits per heavy atom. The maximum absolute atomic E-state index is 3.65. The van der Waals surface area contributed by atoms with Crippen LogP contribution in [0.4, 0.5) is 0 Å². The molecule has 1 nitrogen and oxygen atoms in total. The van der Waals surface area contributed by atoms with Crippen molar-refractivity contribution in [3.8, 4) is 0 Å². The van der Waals surface area contributed by atoms with Crippen molar-refractivity contribution in [2.45, 2.75) is 51.5 Å². The van der Waals surface area contributed by atoms with Crippen LogP contribution in [0, 0.1) is 0 Å². The molecule has 1 aliphatic rings. The van der Waals surface area contributed by atoms with E-state index in [0.29, 0.717) is 0 Å². The van der Waals surface area contributed by atoms with Crippen LogP contribution >= 0.6 is 0 Å². The van der Waals surface area contributed by atoms with E-state index in [4.69, 9.17) is 0 Å². The summed E-state index contributed by atoms with van der Waals surface area (Å²) >= 11 is 0. The van der Waals surface area contributed by atoms with Crippen molar-refractivity contribution in [2.75, 3.05) is 6.54 Å². The maximum atomic E-state index is 3.65. The Labute approximate surface area is 111 Å². The van der Waals surface area contributed by atoms with Crippen molar-refractivity contribution >= 4 is 0 Å². The van der Waals surface area contributed by atoms with Gasteiger partial charge in [0.25, 0.3) is 0 Å². The summed E-state index contributed by atoms with van der Waals surface area (Å²) < 4.78 is 0. The summed E-state index contributed by atoms with van der Waals surface area (Å²) in [5.74, 6) is 0.785. The van der Waals surface area contributed by atoms with Crippen molar-refractivity contribution in [1.82, 2.24) is 5.32 Å². The molecule has 1 aromatic carbocycles. The van der Waals surface area contributed by atoms with Crippen LogP contribution in [0.25, 0.3) is 0 Å². The number of benzene rings is 1. The topological polar surface area (TPSA) is 12.0 Å². The molecular weight excluding hydrogens is 218 g/mol. The number of nitrogens with one attached hydrogen (secondary N) is 1. The summed E-state index contributed by atoms with van der Waals surface area (Å²) in [6.07, 6.45) is 7.57. The van der Waals surface area contributed by atoms with Crippen LogP contribution < -0.4 is 5.32 Å². The largest absolute Gasteiger partial charge is 0.311 e. The van der Waals surface area contributed by atoms with Crippen LogP contribution in [0.1, 0.15) is 51.0 Å². The highest BCUT2D eigenvalue weighted by molar-refractivity contribution is 5.20. The quantitative estimate of drug-likeness (QED) is 0.779. The van der Waals surface area contributed by atoms with Gasteiger partial charge in [0, 0.05) is 12.6 Å². The maximum Gasteiger partial charge on any atom is 0.0139 e. The third-order valence-corrected chi connectivity index (χ3v) is 3.91. The Morgan fingerprint density at radius 2 is 1.78 bits per heavy atom. The number of allylic oxidation sites excluding steroid dienone is 1. The van der Waals surface area contributed by atoms with Gasteiger partial charge in [0.2, 0.25) is 0 Å². The highest BCUT2D eigenvalue weighted by Gasteiger charge is 2.21. The van der Waals surface area contributed by atoms with E-state index in [1.54, 1.807) is 0 Å². The predicted molar refractivity (Wildman–Crippen MR) is 78.9 cm³/mol. The normalized spacial score (nSPS) is 23.7. The first kappa shape index (κ1) is 13.4. The molecule has 0 bridgehead atoms. The average Bonchev–Trinajstić information content (AvgIpc) is 2.40. The zero-order chi connectivity index (χ0) is 12.8. The molecule has 2 rings (SSSR count). The average molecular weight is 243 g/mol. The molecule has 0 aromatic heterocycles. The van der Waals surface area contributed by atoms with Crippen LogP contribution in [-0.2, 0) is 0 Å². The van der Waals surface area contributed by atoms with Crippen molar-refractivity contribution in [1.29, 1.82) is 0 Å². The van der Waals surface area contributed by atoms with E-state index in [2.05, 4.69) is 55.6 Å². The first-order chi connectivity index (χ1) is 8.75. The van der Waals surface area contributed by atoms with E-state index in [1.807, 2.05) is 0 Å². The summed E-state index contributed by atoms with van der Waals surface area (Å²) in [6.45, 7) is 5.35. The minimum atomic E-state index is 0.723. The summed E-state index contributed by atoms with van der Waals surface area (Å²) in [6, 6.07) is 11.7. The lowest BCUT2D eigenvalue weighted by Gasteiger charge is -2.29. The van der Waals surface area contributed by atoms with E-state index in [0.717, 1.165) is 18.5 Å². The Hall–Kier alpha value is -1.08. The van der Waals surface area contributed by atoms with Crippen molar-refractivity contribution in [3.63, 3.8) is 0 Å². The zero-order valence-corrected chi connectivity index (χ0v) is 11.7. The molecule has 0 heterocycles. The second kappa shape index (κ2) is 6.75. The lowest BCUT2D eigenvalue weighted by atomic mass is 9.82. The molecule has 1 heteroatoms. The standard InChI is InChI=1S/C17H25N/c1-14(2)12-13-18-17-10-8-16(9-11-17)15-6-4-3-5-7-15/h3-7,12,16-18H,8-11,13H2,1-2H3. The minimum Gasteiger partial charge on any atom is -0.311 e. The Morgan fingerprint density at radius 3 is 2.39 bits per heavy atom. The van der Waals surface area contributed by atoms with Crippen LogP contribution in [0.2, 0.25) is 0 Å². The van der Waals surface area contributed by atoms with Gasteiger partial charge in [0.05, 0.1) is 0 Å². The van der Waals surface area contributed by atoms with Crippen LogP contribution in [0.5, 0.6) is 0 Å². The molecule has 0 unspecified atom stereocenters. The molecule has 1 aromatic rings. The lowest BCUT2D eigenvalue weighted by molar-refractivity contribution is 0.351. The highest BCUT2D eigenvalue weighted by atomic mass is 14.9. The Kier molecular flexibility index (Phi) is 5.00. The monoisotopic (exact) mass is 243 g/mol. The van der Waals surface area contributed by atoms with Gasteiger partial charge >= 0.3 is 0 Å². The number of rotatable bonds is 4. The second-order valence-corrected chi connectivity index (χ2v) is 5.65. The van der Waals surface area contributed by atoms with Gasteiger partial charge in [-0.05, 0) is 51.0 Å². The minimum absolute atomic E-state index is 0.723. The van der Waals surface area contributed by atoms with Gasteiger partial charge in [-0.15, -0.1) is 0 Å². The van der Waals surface area contributed by atoms with Gasteiger partial charge in [0.15, 0.2) is 0 Å². The van der Waals surface area contributed by atoms with Crippen LogP contribution in [0.3, 0.4) is 0 Å². The van der Waals surface area contributed by atoms with Crippen LogP contribution in [-0.4, -0.2) is 12.6 Å². The highest BCUT2D eigenvalue weighted by Crippen LogP contribution is 2.32. The second-order valence-electron chi connectivity index (χ2n) is 5.65. The van der Waals surface area contributed by atoms with E-state index in [-0.39, 0.29) is 0 Å². The van der Waals surface area contributed by atoms with E-state index in [1.165, 1.54) is 36.8 Å². The predicted octanol–water partition coefficient (Wildman–Crippen LogP) is 4.27. The molecule has 0 radical (unpaired) electrons. The van der Waals surface area contributed by atoms with Gasteiger partial charge < -0.3 is 5.32 Å². The molecule has 1 fully saturated rings. The fraction of sp³-hybridized carbons (Fsp3) is 0.529. The van der Waals surface area contributed by atoms with Crippen molar-refractivity contribution < 1.29 is 0 Å². The summed E-state index contributed by atoms with van der Waals surface area (Å²) in [4.78, 5) is 0. The summed E-state index contributed by atoms with van der Waals surface area (Å²) in [5.41, 5.74) is 2.93. The van der Waals surface area contributed by atoms with Gasteiger partial charge in [-0.3, -0.25) is 0 Å². The molecule has 1 aliphatic carbocycles. The molecule has 0 saturated heterocycles. The van der Waals surface area contributed by atoms with Gasteiger partial charge in [-0.1, -0.05) is 42.0 Å². The zero-order valence-electron chi connectivity index (χ0n) is 11.7. The van der Waals surface area contributed by atoms with Gasteiger partial charge in [-0.2, -0.15) is 0 Å². The van der Waals surface area contributed by atoms with E-state index >= 15 is 0 Å². The first-order valence-electron chi connectivity index (χ1n) is 7.17. The third kappa shape index (κ3) is 3.99. The Bertz CT molecular complexity index is 368. The van der Waals surface area contributed by atoms with E-state index < -0.39 is 0 Å². The molecule has 18 heavy (non-hydrogen) atoms.